The summed E-state index contributed by atoms with van der Waals surface area (Å²) in [6, 6.07) is 13.0. The highest BCUT2D eigenvalue weighted by atomic mass is 16.5. The zero-order valence-corrected chi connectivity index (χ0v) is 14.0. The quantitative estimate of drug-likeness (QED) is 0.746. The fourth-order valence-electron chi connectivity index (χ4n) is 2.60. The van der Waals surface area contributed by atoms with Crippen molar-refractivity contribution in [2.24, 2.45) is 0 Å². The third-order valence-electron chi connectivity index (χ3n) is 3.91. The van der Waals surface area contributed by atoms with Crippen molar-refractivity contribution in [3.63, 3.8) is 0 Å². The smallest absolute Gasteiger partial charge is 0.257 e. The number of carbonyl (C=O) groups excluding carboxylic acids is 1. The number of rotatable bonds is 5. The summed E-state index contributed by atoms with van der Waals surface area (Å²) < 4.78 is 5.23. The molecule has 2 atom stereocenters. The molecule has 1 aromatic carbocycles. The largest absolute Gasteiger partial charge is 0.385 e. The van der Waals surface area contributed by atoms with Crippen molar-refractivity contribution >= 4 is 5.91 Å². The van der Waals surface area contributed by atoms with Crippen molar-refractivity contribution < 1.29 is 14.4 Å². The molecule has 0 spiro atoms. The number of amides is 1. The van der Waals surface area contributed by atoms with Crippen molar-refractivity contribution in [1.29, 1.82) is 0 Å². The number of nitrogens with zero attached hydrogens (tertiary/aromatic N) is 2. The van der Waals surface area contributed by atoms with Crippen LogP contribution in [-0.4, -0.2) is 21.2 Å². The van der Waals surface area contributed by atoms with Crippen LogP contribution in [-0.2, 0) is 0 Å². The van der Waals surface area contributed by atoms with Crippen molar-refractivity contribution in [2.75, 3.05) is 0 Å². The van der Waals surface area contributed by atoms with Gasteiger partial charge in [0.2, 0.25) is 0 Å². The van der Waals surface area contributed by atoms with Crippen molar-refractivity contribution in [2.45, 2.75) is 26.0 Å². The summed E-state index contributed by atoms with van der Waals surface area (Å²) in [4.78, 5) is 16.9. The van der Waals surface area contributed by atoms with E-state index in [1.807, 2.05) is 37.3 Å². The molecule has 2 unspecified atom stereocenters. The molecule has 1 amide bonds. The van der Waals surface area contributed by atoms with E-state index in [4.69, 9.17) is 4.52 Å². The third kappa shape index (κ3) is 3.59. The normalized spacial score (nSPS) is 13.2. The number of aromatic nitrogens is 2. The predicted molar refractivity (Wildman–Crippen MR) is 92.7 cm³/mol. The summed E-state index contributed by atoms with van der Waals surface area (Å²) in [5.74, 6) is -0.219. The molecule has 6 heteroatoms. The molecule has 0 saturated carbocycles. The molecule has 0 bridgehead atoms. The molecule has 0 fully saturated rings. The summed E-state index contributed by atoms with van der Waals surface area (Å²) in [6.07, 6.45) is 2.28. The van der Waals surface area contributed by atoms with E-state index in [0.29, 0.717) is 11.3 Å². The van der Waals surface area contributed by atoms with Gasteiger partial charge in [0.05, 0.1) is 6.04 Å². The highest BCUT2D eigenvalue weighted by Gasteiger charge is 2.27. The number of hydrogen-bond donors (Lipinski definition) is 2. The number of aliphatic hydroxyl groups is 1. The maximum absolute atomic E-state index is 12.9. The lowest BCUT2D eigenvalue weighted by Gasteiger charge is -2.15. The molecule has 0 aliphatic heterocycles. The number of pyridine rings is 1. The monoisotopic (exact) mass is 337 g/mol. The Balaban J connectivity index is 1.95. The minimum atomic E-state index is -0.953. The standard InChI is InChI=1S/C19H19N3O3/c1-12(14-7-4-3-5-8-14)21-19(24)16-17(15-9-6-10-20-11-15)22-25-18(16)13(2)23/h3-13,23H,1-2H3,(H,21,24). The van der Waals surface area contributed by atoms with Gasteiger partial charge in [0.1, 0.15) is 17.4 Å². The summed E-state index contributed by atoms with van der Waals surface area (Å²) >= 11 is 0. The highest BCUT2D eigenvalue weighted by molar-refractivity contribution is 6.01. The van der Waals surface area contributed by atoms with Gasteiger partial charge in [0, 0.05) is 18.0 Å². The van der Waals surface area contributed by atoms with E-state index < -0.39 is 6.10 Å². The Kier molecular flexibility index (Phi) is 4.90. The first-order chi connectivity index (χ1) is 12.1. The highest BCUT2D eigenvalue weighted by Crippen LogP contribution is 2.29. The van der Waals surface area contributed by atoms with Gasteiger partial charge in [-0.2, -0.15) is 0 Å². The number of aliphatic hydroxyl groups excluding tert-OH is 1. The van der Waals surface area contributed by atoms with E-state index in [0.717, 1.165) is 5.56 Å². The zero-order valence-electron chi connectivity index (χ0n) is 14.0. The maximum atomic E-state index is 12.9. The van der Waals surface area contributed by atoms with Crippen LogP contribution in [0.2, 0.25) is 0 Å². The van der Waals surface area contributed by atoms with Crippen LogP contribution in [0.1, 0.15) is 47.7 Å². The SMILES string of the molecule is CC(O)c1onc(-c2cccnc2)c1C(=O)NC(C)c1ccccc1. The minimum absolute atomic E-state index is 0.136. The lowest BCUT2D eigenvalue weighted by atomic mass is 10.0. The van der Waals surface area contributed by atoms with Gasteiger partial charge >= 0.3 is 0 Å². The van der Waals surface area contributed by atoms with Gasteiger partial charge in [-0.15, -0.1) is 0 Å². The number of benzene rings is 1. The van der Waals surface area contributed by atoms with Gasteiger partial charge in [-0.3, -0.25) is 9.78 Å². The lowest BCUT2D eigenvalue weighted by Crippen LogP contribution is -2.27. The van der Waals surface area contributed by atoms with E-state index in [2.05, 4.69) is 15.5 Å². The molecule has 2 aromatic heterocycles. The van der Waals surface area contributed by atoms with Gasteiger partial charge in [0.15, 0.2) is 5.76 Å². The first-order valence-electron chi connectivity index (χ1n) is 8.01. The van der Waals surface area contributed by atoms with E-state index >= 15 is 0 Å². The molecule has 25 heavy (non-hydrogen) atoms. The van der Waals surface area contributed by atoms with Crippen LogP contribution in [0.3, 0.4) is 0 Å². The molecule has 2 N–H and O–H groups in total. The lowest BCUT2D eigenvalue weighted by molar-refractivity contribution is 0.0927. The van der Waals surface area contributed by atoms with E-state index in [9.17, 15) is 9.90 Å². The Bertz CT molecular complexity index is 845. The molecule has 3 rings (SSSR count). The van der Waals surface area contributed by atoms with Crippen LogP contribution in [0, 0.1) is 0 Å². The average Bonchev–Trinajstić information content (AvgIpc) is 3.08. The Morgan fingerprint density at radius 2 is 1.92 bits per heavy atom. The summed E-state index contributed by atoms with van der Waals surface area (Å²) in [5, 5.41) is 16.8. The molecule has 0 aliphatic rings. The molecule has 6 nitrogen and oxygen atoms in total. The summed E-state index contributed by atoms with van der Waals surface area (Å²) in [5.41, 5.74) is 2.22. The fourth-order valence-corrected chi connectivity index (χ4v) is 2.60. The first kappa shape index (κ1) is 16.9. The van der Waals surface area contributed by atoms with Crippen LogP contribution in [0.25, 0.3) is 11.3 Å². The van der Waals surface area contributed by atoms with Crippen molar-refractivity contribution in [3.05, 3.63) is 71.7 Å². The van der Waals surface area contributed by atoms with Gasteiger partial charge < -0.3 is 14.9 Å². The average molecular weight is 337 g/mol. The Hall–Kier alpha value is -2.99. The summed E-state index contributed by atoms with van der Waals surface area (Å²) in [6.45, 7) is 3.43. The topological polar surface area (TPSA) is 88.2 Å². The Labute approximate surface area is 145 Å². The van der Waals surface area contributed by atoms with E-state index in [1.54, 1.807) is 24.5 Å². The molecular formula is C19H19N3O3. The molecular weight excluding hydrogens is 318 g/mol. The van der Waals surface area contributed by atoms with Crippen LogP contribution in [0.5, 0.6) is 0 Å². The van der Waals surface area contributed by atoms with Gasteiger partial charge in [-0.1, -0.05) is 35.5 Å². The maximum Gasteiger partial charge on any atom is 0.257 e. The van der Waals surface area contributed by atoms with Gasteiger partial charge in [0.25, 0.3) is 5.91 Å². The predicted octanol–water partition coefficient (Wildman–Crippen LogP) is 3.28. The van der Waals surface area contributed by atoms with Gasteiger partial charge in [-0.25, -0.2) is 0 Å². The second kappa shape index (κ2) is 7.27. The minimum Gasteiger partial charge on any atom is -0.385 e. The second-order valence-electron chi connectivity index (χ2n) is 5.79. The van der Waals surface area contributed by atoms with Crippen molar-refractivity contribution in [3.8, 4) is 11.3 Å². The Morgan fingerprint density at radius 3 is 2.56 bits per heavy atom. The Morgan fingerprint density at radius 1 is 1.16 bits per heavy atom. The molecule has 0 saturated heterocycles. The number of hydrogen-bond acceptors (Lipinski definition) is 5. The third-order valence-corrected chi connectivity index (χ3v) is 3.91. The van der Waals surface area contributed by atoms with Crippen LogP contribution < -0.4 is 5.32 Å². The van der Waals surface area contributed by atoms with Crippen molar-refractivity contribution in [1.82, 2.24) is 15.5 Å². The van der Waals surface area contributed by atoms with E-state index in [-0.39, 0.29) is 23.3 Å². The molecule has 128 valence electrons. The molecule has 2 heterocycles. The number of carbonyl (C=O) groups is 1. The van der Waals surface area contributed by atoms with Crippen LogP contribution in [0.4, 0.5) is 0 Å². The van der Waals surface area contributed by atoms with Crippen LogP contribution in [0.15, 0.2) is 59.4 Å². The molecule has 3 aromatic rings. The molecule has 0 aliphatic carbocycles. The fraction of sp³-hybridized carbons (Fsp3) is 0.211. The zero-order chi connectivity index (χ0) is 17.8. The van der Waals surface area contributed by atoms with Gasteiger partial charge in [-0.05, 0) is 31.5 Å². The second-order valence-corrected chi connectivity index (χ2v) is 5.79. The van der Waals surface area contributed by atoms with E-state index in [1.165, 1.54) is 6.92 Å². The first-order valence-corrected chi connectivity index (χ1v) is 8.01. The summed E-state index contributed by atoms with van der Waals surface area (Å²) in [7, 11) is 0. The van der Waals surface area contributed by atoms with Crippen LogP contribution >= 0.6 is 0 Å². The number of nitrogens with one attached hydrogen (secondary N) is 1. The molecule has 0 radical (unpaired) electrons.